The predicted octanol–water partition coefficient (Wildman–Crippen LogP) is -0.224. The maximum atomic E-state index is 11.8. The minimum Gasteiger partial charge on any atom is -0.380 e. The fraction of sp³-hybridized carbons (Fsp3) is 0.143. The van der Waals surface area contributed by atoms with Gasteiger partial charge in [0.25, 0.3) is 11.8 Å². The summed E-state index contributed by atoms with van der Waals surface area (Å²) in [6.07, 6.45) is 1.93. The number of carbonyl (C=O) groups is 2. The number of aromatic nitrogens is 2. The molecule has 0 radical (unpaired) electrons. The van der Waals surface area contributed by atoms with E-state index in [9.17, 15) is 19.8 Å². The smallest absolute Gasteiger partial charge is 0.256 e. The lowest BCUT2D eigenvalue weighted by atomic mass is 10.1. The molecule has 0 saturated heterocycles. The lowest BCUT2D eigenvalue weighted by Crippen LogP contribution is -2.45. The Labute approximate surface area is 125 Å². The van der Waals surface area contributed by atoms with Gasteiger partial charge in [0.15, 0.2) is 12.2 Å². The molecule has 4 N–H and O–H groups in total. The SMILES string of the molecule is O=C(Nc1cccnc1)[C@H](O)[C@@H](O)C(=O)Nc1cccnc1. The van der Waals surface area contributed by atoms with Crippen LogP contribution in [0.15, 0.2) is 49.1 Å². The van der Waals surface area contributed by atoms with Crippen LogP contribution in [0, 0.1) is 0 Å². The molecule has 2 rings (SSSR count). The molecule has 0 spiro atoms. The van der Waals surface area contributed by atoms with Crippen molar-refractivity contribution in [3.63, 3.8) is 0 Å². The second-order valence-corrected chi connectivity index (χ2v) is 4.35. The Morgan fingerprint density at radius 2 is 1.27 bits per heavy atom. The molecule has 2 amide bonds. The minimum absolute atomic E-state index is 0.339. The first-order chi connectivity index (χ1) is 10.6. The van der Waals surface area contributed by atoms with Gasteiger partial charge in [-0.3, -0.25) is 19.6 Å². The Balaban J connectivity index is 1.94. The number of aliphatic hydroxyl groups is 2. The Morgan fingerprint density at radius 1 is 0.864 bits per heavy atom. The lowest BCUT2D eigenvalue weighted by Gasteiger charge is -2.17. The summed E-state index contributed by atoms with van der Waals surface area (Å²) in [4.78, 5) is 31.1. The second-order valence-electron chi connectivity index (χ2n) is 4.35. The molecular formula is C14H14N4O4. The zero-order valence-electron chi connectivity index (χ0n) is 11.4. The van der Waals surface area contributed by atoms with E-state index in [1.54, 1.807) is 24.3 Å². The van der Waals surface area contributed by atoms with Crippen LogP contribution in [0.3, 0.4) is 0 Å². The molecule has 8 nitrogen and oxygen atoms in total. The molecule has 114 valence electrons. The highest BCUT2D eigenvalue weighted by molar-refractivity contribution is 6.01. The lowest BCUT2D eigenvalue weighted by molar-refractivity contribution is -0.139. The fourth-order valence-corrected chi connectivity index (χ4v) is 1.59. The predicted molar refractivity (Wildman–Crippen MR) is 77.7 cm³/mol. The van der Waals surface area contributed by atoms with E-state index in [1.165, 1.54) is 24.8 Å². The number of anilines is 2. The Kier molecular flexibility index (Phi) is 5.12. The molecule has 0 aliphatic heterocycles. The van der Waals surface area contributed by atoms with Gasteiger partial charge in [0.2, 0.25) is 0 Å². The first kappa shape index (κ1) is 15.5. The van der Waals surface area contributed by atoms with Crippen molar-refractivity contribution in [2.24, 2.45) is 0 Å². The first-order valence-corrected chi connectivity index (χ1v) is 6.36. The van der Waals surface area contributed by atoms with Crippen molar-refractivity contribution in [2.45, 2.75) is 12.2 Å². The van der Waals surface area contributed by atoms with Crippen molar-refractivity contribution in [2.75, 3.05) is 10.6 Å². The summed E-state index contributed by atoms with van der Waals surface area (Å²) in [6.45, 7) is 0. The van der Waals surface area contributed by atoms with Crippen LogP contribution in [0.5, 0.6) is 0 Å². The van der Waals surface area contributed by atoms with E-state index in [-0.39, 0.29) is 0 Å². The van der Waals surface area contributed by atoms with Crippen LogP contribution in [0.4, 0.5) is 11.4 Å². The van der Waals surface area contributed by atoms with Crippen molar-refractivity contribution in [3.05, 3.63) is 49.1 Å². The van der Waals surface area contributed by atoms with Crippen LogP contribution in [-0.4, -0.2) is 44.2 Å². The van der Waals surface area contributed by atoms with Crippen LogP contribution in [0.1, 0.15) is 0 Å². The van der Waals surface area contributed by atoms with Crippen LogP contribution in [0.25, 0.3) is 0 Å². The number of nitrogens with one attached hydrogen (secondary N) is 2. The standard InChI is InChI=1S/C14H14N4O4/c19-11(13(21)17-9-3-1-5-15-7-9)12(20)14(22)18-10-4-2-6-16-8-10/h1-8,11-12,19-20H,(H,17,21)(H,18,22)/t11-,12-/m1/s1. The van der Waals surface area contributed by atoms with E-state index in [4.69, 9.17) is 0 Å². The zero-order valence-corrected chi connectivity index (χ0v) is 11.4. The van der Waals surface area contributed by atoms with Gasteiger partial charge in [-0.2, -0.15) is 0 Å². The van der Waals surface area contributed by atoms with Gasteiger partial charge in [-0.05, 0) is 24.3 Å². The van der Waals surface area contributed by atoms with Crippen LogP contribution < -0.4 is 10.6 Å². The van der Waals surface area contributed by atoms with E-state index in [0.717, 1.165) is 0 Å². The maximum Gasteiger partial charge on any atom is 0.256 e. The van der Waals surface area contributed by atoms with Crippen LogP contribution >= 0.6 is 0 Å². The number of pyridine rings is 2. The highest BCUT2D eigenvalue weighted by atomic mass is 16.3. The molecule has 2 atom stereocenters. The highest BCUT2D eigenvalue weighted by Gasteiger charge is 2.30. The molecule has 0 saturated carbocycles. The maximum absolute atomic E-state index is 11.8. The van der Waals surface area contributed by atoms with Gasteiger partial charge in [0.1, 0.15) is 0 Å². The molecule has 2 aromatic heterocycles. The van der Waals surface area contributed by atoms with Crippen molar-refractivity contribution in [3.8, 4) is 0 Å². The average molecular weight is 302 g/mol. The van der Waals surface area contributed by atoms with E-state index >= 15 is 0 Å². The number of hydrogen-bond donors (Lipinski definition) is 4. The number of hydrogen-bond acceptors (Lipinski definition) is 6. The summed E-state index contributed by atoms with van der Waals surface area (Å²) in [6, 6.07) is 6.29. The minimum atomic E-state index is -1.92. The van der Waals surface area contributed by atoms with Gasteiger partial charge in [-0.1, -0.05) is 0 Å². The molecule has 0 aliphatic carbocycles. The van der Waals surface area contributed by atoms with Gasteiger partial charge in [0.05, 0.1) is 23.8 Å². The van der Waals surface area contributed by atoms with Crippen molar-refractivity contribution in [1.82, 2.24) is 9.97 Å². The third-order valence-corrected chi connectivity index (χ3v) is 2.69. The normalized spacial score (nSPS) is 13.0. The molecule has 2 aromatic rings. The first-order valence-electron chi connectivity index (χ1n) is 6.36. The number of amides is 2. The van der Waals surface area contributed by atoms with Gasteiger partial charge in [0, 0.05) is 12.4 Å². The third kappa shape index (κ3) is 4.08. The quantitative estimate of drug-likeness (QED) is 0.605. The molecule has 0 unspecified atom stereocenters. The van der Waals surface area contributed by atoms with Crippen molar-refractivity contribution < 1.29 is 19.8 Å². The second kappa shape index (κ2) is 7.25. The summed E-state index contributed by atoms with van der Waals surface area (Å²) >= 11 is 0. The van der Waals surface area contributed by atoms with E-state index in [2.05, 4.69) is 20.6 Å². The fourth-order valence-electron chi connectivity index (χ4n) is 1.59. The van der Waals surface area contributed by atoms with Crippen molar-refractivity contribution >= 4 is 23.2 Å². The van der Waals surface area contributed by atoms with E-state index < -0.39 is 24.0 Å². The van der Waals surface area contributed by atoms with Gasteiger partial charge >= 0.3 is 0 Å². The Bertz CT molecular complexity index is 578. The Morgan fingerprint density at radius 3 is 1.59 bits per heavy atom. The number of nitrogens with zero attached hydrogens (tertiary/aromatic N) is 2. The van der Waals surface area contributed by atoms with Gasteiger partial charge < -0.3 is 20.8 Å². The molecule has 0 bridgehead atoms. The molecule has 0 fully saturated rings. The van der Waals surface area contributed by atoms with Crippen molar-refractivity contribution in [1.29, 1.82) is 0 Å². The molecule has 22 heavy (non-hydrogen) atoms. The largest absolute Gasteiger partial charge is 0.380 e. The number of aliphatic hydroxyl groups excluding tert-OH is 2. The highest BCUT2D eigenvalue weighted by Crippen LogP contribution is 2.08. The average Bonchev–Trinajstić information content (AvgIpc) is 2.55. The molecular weight excluding hydrogens is 288 g/mol. The van der Waals surface area contributed by atoms with Gasteiger partial charge in [-0.15, -0.1) is 0 Å². The van der Waals surface area contributed by atoms with E-state index in [0.29, 0.717) is 11.4 Å². The molecule has 2 heterocycles. The summed E-state index contributed by atoms with van der Waals surface area (Å²) in [5.41, 5.74) is 0.679. The third-order valence-electron chi connectivity index (χ3n) is 2.69. The Hall–Kier alpha value is -2.84. The monoisotopic (exact) mass is 302 g/mol. The molecule has 0 aromatic carbocycles. The topological polar surface area (TPSA) is 124 Å². The van der Waals surface area contributed by atoms with Gasteiger partial charge in [-0.25, -0.2) is 0 Å². The zero-order chi connectivity index (χ0) is 15.9. The van der Waals surface area contributed by atoms with E-state index in [1.807, 2.05) is 0 Å². The molecule has 0 aliphatic rings. The number of carbonyl (C=O) groups excluding carboxylic acids is 2. The summed E-state index contributed by atoms with van der Waals surface area (Å²) in [5, 5.41) is 24.1. The summed E-state index contributed by atoms with van der Waals surface area (Å²) in [7, 11) is 0. The summed E-state index contributed by atoms with van der Waals surface area (Å²) in [5.74, 6) is -1.83. The van der Waals surface area contributed by atoms with Crippen LogP contribution in [0.2, 0.25) is 0 Å². The molecule has 8 heteroatoms. The summed E-state index contributed by atoms with van der Waals surface area (Å²) < 4.78 is 0. The van der Waals surface area contributed by atoms with Crippen LogP contribution in [-0.2, 0) is 9.59 Å². The number of rotatable bonds is 5.